The zero-order valence-corrected chi connectivity index (χ0v) is 16.0. The van der Waals surface area contributed by atoms with Gasteiger partial charge in [-0.15, -0.1) is 0 Å². The lowest BCUT2D eigenvalue weighted by Gasteiger charge is -2.31. The second-order valence-corrected chi connectivity index (χ2v) is 7.40. The van der Waals surface area contributed by atoms with E-state index in [4.69, 9.17) is 9.84 Å². The third-order valence-corrected chi connectivity index (χ3v) is 4.09. The van der Waals surface area contributed by atoms with Crippen LogP contribution in [0.15, 0.2) is 30.6 Å². The molecule has 0 aliphatic heterocycles. The number of rotatable bonds is 7. The van der Waals surface area contributed by atoms with Crippen molar-refractivity contribution in [1.82, 2.24) is 15.3 Å². The quantitative estimate of drug-likeness (QED) is 0.775. The van der Waals surface area contributed by atoms with Gasteiger partial charge in [-0.3, -0.25) is 0 Å². The fourth-order valence-electron chi connectivity index (χ4n) is 3.13. The average molecular weight is 357 g/mol. The molecule has 0 aliphatic rings. The highest BCUT2D eigenvalue weighted by molar-refractivity contribution is 5.65. The SMILES string of the molecule is Cc1cc(-c2ccc(OCC(C)(CC(C)C)NC(=O)O)c(C)c2)ncn1. The summed E-state index contributed by atoms with van der Waals surface area (Å²) >= 11 is 0. The van der Waals surface area contributed by atoms with Crippen LogP contribution in [0.25, 0.3) is 11.3 Å². The van der Waals surface area contributed by atoms with E-state index in [1.807, 2.05) is 45.0 Å². The normalized spacial score (nSPS) is 13.3. The van der Waals surface area contributed by atoms with Crippen molar-refractivity contribution >= 4 is 6.09 Å². The Morgan fingerprint density at radius 1 is 1.27 bits per heavy atom. The molecule has 2 aromatic rings. The number of hydrogen-bond acceptors (Lipinski definition) is 4. The van der Waals surface area contributed by atoms with Crippen LogP contribution >= 0.6 is 0 Å². The van der Waals surface area contributed by atoms with Gasteiger partial charge in [0.05, 0.1) is 11.2 Å². The first-order valence-corrected chi connectivity index (χ1v) is 8.72. The number of carboxylic acid groups (broad SMARTS) is 1. The lowest BCUT2D eigenvalue weighted by molar-refractivity contribution is 0.143. The van der Waals surface area contributed by atoms with E-state index < -0.39 is 11.6 Å². The van der Waals surface area contributed by atoms with E-state index in [1.165, 1.54) is 0 Å². The van der Waals surface area contributed by atoms with Crippen molar-refractivity contribution in [3.05, 3.63) is 41.9 Å². The van der Waals surface area contributed by atoms with Crippen LogP contribution < -0.4 is 10.1 Å². The summed E-state index contributed by atoms with van der Waals surface area (Å²) in [4.78, 5) is 19.5. The van der Waals surface area contributed by atoms with E-state index in [9.17, 15) is 4.79 Å². The largest absolute Gasteiger partial charge is 0.491 e. The molecule has 0 saturated heterocycles. The van der Waals surface area contributed by atoms with Crippen LogP contribution in [0.3, 0.4) is 0 Å². The molecule has 0 saturated carbocycles. The van der Waals surface area contributed by atoms with Gasteiger partial charge in [0.25, 0.3) is 0 Å². The molecule has 0 aliphatic carbocycles. The molecule has 0 fully saturated rings. The summed E-state index contributed by atoms with van der Waals surface area (Å²) in [5, 5.41) is 11.7. The Balaban J connectivity index is 2.15. The second kappa shape index (κ2) is 8.17. The van der Waals surface area contributed by atoms with Crippen LogP contribution in [-0.2, 0) is 0 Å². The highest BCUT2D eigenvalue weighted by Gasteiger charge is 2.28. The lowest BCUT2D eigenvalue weighted by Crippen LogP contribution is -2.50. The molecule has 1 heterocycles. The highest BCUT2D eigenvalue weighted by Crippen LogP contribution is 2.27. The Kier molecular flexibility index (Phi) is 6.18. The maximum atomic E-state index is 11.1. The molecule has 2 rings (SSSR count). The molecule has 26 heavy (non-hydrogen) atoms. The van der Waals surface area contributed by atoms with Crippen molar-refractivity contribution in [3.8, 4) is 17.0 Å². The number of hydrogen-bond donors (Lipinski definition) is 2. The van der Waals surface area contributed by atoms with Gasteiger partial charge < -0.3 is 15.2 Å². The Hall–Kier alpha value is -2.63. The molecular formula is C20H27N3O3. The van der Waals surface area contributed by atoms with Crippen LogP contribution in [0.4, 0.5) is 4.79 Å². The van der Waals surface area contributed by atoms with Gasteiger partial charge in [-0.25, -0.2) is 14.8 Å². The third kappa shape index (κ3) is 5.44. The second-order valence-electron chi connectivity index (χ2n) is 7.40. The van der Waals surface area contributed by atoms with E-state index >= 15 is 0 Å². The summed E-state index contributed by atoms with van der Waals surface area (Å²) in [7, 11) is 0. The van der Waals surface area contributed by atoms with Crippen LogP contribution in [0, 0.1) is 19.8 Å². The molecule has 2 N–H and O–H groups in total. The van der Waals surface area contributed by atoms with Gasteiger partial charge in [0.1, 0.15) is 18.7 Å². The van der Waals surface area contributed by atoms with E-state index in [0.717, 1.165) is 28.3 Å². The number of nitrogens with zero attached hydrogens (tertiary/aromatic N) is 2. The van der Waals surface area contributed by atoms with Gasteiger partial charge in [0, 0.05) is 11.3 Å². The van der Waals surface area contributed by atoms with Crippen molar-refractivity contribution in [1.29, 1.82) is 0 Å². The van der Waals surface area contributed by atoms with Gasteiger partial charge in [0.2, 0.25) is 0 Å². The molecule has 1 amide bonds. The Morgan fingerprint density at radius 3 is 2.58 bits per heavy atom. The van der Waals surface area contributed by atoms with Gasteiger partial charge in [-0.1, -0.05) is 13.8 Å². The maximum absolute atomic E-state index is 11.1. The highest BCUT2D eigenvalue weighted by atomic mass is 16.5. The molecule has 0 bridgehead atoms. The smallest absolute Gasteiger partial charge is 0.405 e. The summed E-state index contributed by atoms with van der Waals surface area (Å²) in [5.41, 5.74) is 3.10. The first kappa shape index (κ1) is 19.7. The first-order valence-electron chi connectivity index (χ1n) is 8.72. The van der Waals surface area contributed by atoms with Crippen molar-refractivity contribution < 1.29 is 14.6 Å². The summed E-state index contributed by atoms with van der Waals surface area (Å²) in [6, 6.07) is 7.81. The molecule has 6 nitrogen and oxygen atoms in total. The predicted molar refractivity (Wildman–Crippen MR) is 101 cm³/mol. The number of ether oxygens (including phenoxy) is 1. The predicted octanol–water partition coefficient (Wildman–Crippen LogP) is 4.21. The Bertz CT molecular complexity index is 777. The molecule has 0 spiro atoms. The maximum Gasteiger partial charge on any atom is 0.405 e. The van der Waals surface area contributed by atoms with Crippen molar-refractivity contribution in [2.24, 2.45) is 5.92 Å². The summed E-state index contributed by atoms with van der Waals surface area (Å²) in [5.74, 6) is 1.08. The number of amides is 1. The number of carbonyl (C=O) groups is 1. The number of aromatic nitrogens is 2. The Morgan fingerprint density at radius 2 is 2.00 bits per heavy atom. The van der Waals surface area contributed by atoms with Gasteiger partial charge in [0.15, 0.2) is 0 Å². The lowest BCUT2D eigenvalue weighted by atomic mass is 9.91. The average Bonchev–Trinajstić information content (AvgIpc) is 2.52. The molecule has 0 radical (unpaired) electrons. The fourth-order valence-corrected chi connectivity index (χ4v) is 3.13. The number of nitrogens with one attached hydrogen (secondary N) is 1. The van der Waals surface area contributed by atoms with Gasteiger partial charge in [-0.05, 0) is 62.9 Å². The minimum Gasteiger partial charge on any atom is -0.491 e. The van der Waals surface area contributed by atoms with Crippen LogP contribution in [0.2, 0.25) is 0 Å². The molecule has 1 aromatic heterocycles. The van der Waals surface area contributed by atoms with Crippen molar-refractivity contribution in [2.45, 2.75) is 46.6 Å². The topological polar surface area (TPSA) is 84.3 Å². The minimum atomic E-state index is -1.04. The molecule has 1 atom stereocenters. The molecule has 1 aromatic carbocycles. The number of aryl methyl sites for hydroxylation is 2. The van der Waals surface area contributed by atoms with E-state index in [2.05, 4.69) is 29.1 Å². The zero-order valence-electron chi connectivity index (χ0n) is 16.0. The van der Waals surface area contributed by atoms with Crippen LogP contribution in [-0.4, -0.2) is 33.3 Å². The molecule has 140 valence electrons. The minimum absolute atomic E-state index is 0.268. The zero-order chi connectivity index (χ0) is 19.3. The summed E-state index contributed by atoms with van der Waals surface area (Å²) in [6.45, 7) is 10.2. The van der Waals surface area contributed by atoms with Crippen molar-refractivity contribution in [3.63, 3.8) is 0 Å². The standard InChI is InChI=1S/C20H27N3O3/c1-13(2)10-20(5,23-19(24)25)11-26-18-7-6-16(8-14(18)3)17-9-15(4)21-12-22-17/h6-9,12-13,23H,10-11H2,1-5H3,(H,24,25). The first-order chi connectivity index (χ1) is 12.2. The van der Waals surface area contributed by atoms with E-state index in [0.29, 0.717) is 12.3 Å². The van der Waals surface area contributed by atoms with E-state index in [-0.39, 0.29) is 6.61 Å². The monoisotopic (exact) mass is 357 g/mol. The molecular weight excluding hydrogens is 330 g/mol. The third-order valence-electron chi connectivity index (χ3n) is 4.09. The van der Waals surface area contributed by atoms with Crippen LogP contribution in [0.1, 0.15) is 38.4 Å². The van der Waals surface area contributed by atoms with E-state index in [1.54, 1.807) is 6.33 Å². The van der Waals surface area contributed by atoms with Crippen LogP contribution in [0.5, 0.6) is 5.75 Å². The Labute approximate surface area is 154 Å². The van der Waals surface area contributed by atoms with Crippen molar-refractivity contribution in [2.75, 3.05) is 6.61 Å². The fraction of sp³-hybridized carbons (Fsp3) is 0.450. The molecule has 1 unspecified atom stereocenters. The summed E-state index contributed by atoms with van der Waals surface area (Å²) in [6.07, 6.45) is 1.21. The van der Waals surface area contributed by atoms with Gasteiger partial charge >= 0.3 is 6.09 Å². The molecule has 6 heteroatoms. The van der Waals surface area contributed by atoms with Gasteiger partial charge in [-0.2, -0.15) is 0 Å². The summed E-state index contributed by atoms with van der Waals surface area (Å²) < 4.78 is 5.96. The number of benzene rings is 1.